The van der Waals surface area contributed by atoms with Crippen molar-refractivity contribution < 1.29 is 18.7 Å². The van der Waals surface area contributed by atoms with Crippen LogP contribution in [0, 0.1) is 5.92 Å². The van der Waals surface area contributed by atoms with Crippen LogP contribution in [0.25, 0.3) is 0 Å². The van der Waals surface area contributed by atoms with Crippen molar-refractivity contribution in [1.82, 2.24) is 4.90 Å². The first kappa shape index (κ1) is 22.8. The standard InChI is InChI=1S/C24H28N2O4S2/c1-3-17-15-18(23(32-17)25-22(27)19-7-5-13-30-19)21(20-8-6-14-31-20)26-11-9-16(10-12-26)24(28)29-4-2/h5-8,13-16,21H,3-4,9-12H2,1-2H3,(H,25,27)/t21-/m0/s1. The molecular weight excluding hydrogens is 444 g/mol. The van der Waals surface area contributed by atoms with E-state index in [1.807, 2.05) is 6.92 Å². The summed E-state index contributed by atoms with van der Waals surface area (Å²) in [6.07, 6.45) is 3.96. The van der Waals surface area contributed by atoms with Gasteiger partial charge < -0.3 is 14.5 Å². The predicted molar refractivity (Wildman–Crippen MR) is 127 cm³/mol. The Labute approximate surface area is 196 Å². The maximum absolute atomic E-state index is 12.7. The van der Waals surface area contributed by atoms with Gasteiger partial charge in [0.05, 0.1) is 24.8 Å². The average Bonchev–Trinajstić information content (AvgIpc) is 3.58. The van der Waals surface area contributed by atoms with Crippen LogP contribution in [0.15, 0.2) is 46.4 Å². The van der Waals surface area contributed by atoms with Gasteiger partial charge in [-0.05, 0) is 68.9 Å². The summed E-state index contributed by atoms with van der Waals surface area (Å²) >= 11 is 3.33. The molecule has 170 valence electrons. The lowest BCUT2D eigenvalue weighted by Crippen LogP contribution is -2.39. The van der Waals surface area contributed by atoms with Gasteiger partial charge in [0.1, 0.15) is 5.00 Å². The molecule has 0 aliphatic carbocycles. The van der Waals surface area contributed by atoms with Crippen LogP contribution in [-0.2, 0) is 16.0 Å². The lowest BCUT2D eigenvalue weighted by Gasteiger charge is -2.36. The zero-order valence-electron chi connectivity index (χ0n) is 18.3. The molecular formula is C24H28N2O4S2. The van der Waals surface area contributed by atoms with Crippen molar-refractivity contribution in [3.05, 3.63) is 63.1 Å². The normalized spacial score (nSPS) is 16.1. The van der Waals surface area contributed by atoms with Crippen LogP contribution in [0.3, 0.4) is 0 Å². The summed E-state index contributed by atoms with van der Waals surface area (Å²) in [6.45, 7) is 5.99. The number of furan rings is 1. The lowest BCUT2D eigenvalue weighted by atomic mass is 9.94. The fraction of sp³-hybridized carbons (Fsp3) is 0.417. The molecule has 6 nitrogen and oxygen atoms in total. The maximum atomic E-state index is 12.7. The number of esters is 1. The van der Waals surface area contributed by atoms with E-state index in [0.29, 0.717) is 12.4 Å². The minimum absolute atomic E-state index is 0.0293. The molecule has 0 unspecified atom stereocenters. The van der Waals surface area contributed by atoms with E-state index in [-0.39, 0.29) is 23.8 Å². The molecule has 1 atom stereocenters. The first-order valence-corrected chi connectivity index (χ1v) is 12.7. The number of aryl methyl sites for hydroxylation is 1. The highest BCUT2D eigenvalue weighted by atomic mass is 32.1. The molecule has 0 bridgehead atoms. The Morgan fingerprint density at radius 2 is 2.06 bits per heavy atom. The van der Waals surface area contributed by atoms with Crippen LogP contribution < -0.4 is 5.32 Å². The van der Waals surface area contributed by atoms with E-state index >= 15 is 0 Å². The first-order valence-electron chi connectivity index (χ1n) is 11.0. The predicted octanol–water partition coefficient (Wildman–Crippen LogP) is 5.58. The number of anilines is 1. The second-order valence-corrected chi connectivity index (χ2v) is 9.88. The second-order valence-electron chi connectivity index (χ2n) is 7.76. The van der Waals surface area contributed by atoms with Crippen molar-refractivity contribution in [2.24, 2.45) is 5.92 Å². The molecule has 1 saturated heterocycles. The van der Waals surface area contributed by atoms with E-state index in [2.05, 4.69) is 40.7 Å². The largest absolute Gasteiger partial charge is 0.466 e. The smallest absolute Gasteiger partial charge is 0.309 e. The monoisotopic (exact) mass is 472 g/mol. The molecule has 1 fully saturated rings. The molecule has 0 spiro atoms. The third kappa shape index (κ3) is 4.98. The molecule has 8 heteroatoms. The minimum atomic E-state index is -0.244. The van der Waals surface area contributed by atoms with Crippen LogP contribution in [0.2, 0.25) is 0 Å². The molecule has 3 aromatic rings. The van der Waals surface area contributed by atoms with Gasteiger partial charge in [0.25, 0.3) is 5.91 Å². The van der Waals surface area contributed by atoms with Gasteiger partial charge in [0.2, 0.25) is 0 Å². The number of rotatable bonds is 8. The molecule has 32 heavy (non-hydrogen) atoms. The second kappa shape index (κ2) is 10.5. The molecule has 0 radical (unpaired) electrons. The van der Waals surface area contributed by atoms with Crippen molar-refractivity contribution in [1.29, 1.82) is 0 Å². The van der Waals surface area contributed by atoms with Crippen molar-refractivity contribution >= 4 is 39.6 Å². The van der Waals surface area contributed by atoms with E-state index < -0.39 is 0 Å². The molecule has 0 aromatic carbocycles. The van der Waals surface area contributed by atoms with Gasteiger partial charge >= 0.3 is 5.97 Å². The zero-order valence-corrected chi connectivity index (χ0v) is 20.0. The number of amides is 1. The summed E-state index contributed by atoms with van der Waals surface area (Å²) in [7, 11) is 0. The Kier molecular flexibility index (Phi) is 7.44. The topological polar surface area (TPSA) is 71.8 Å². The summed E-state index contributed by atoms with van der Waals surface area (Å²) in [5.74, 6) is -0.0750. The SMILES string of the molecule is CCOC(=O)C1CCN([C@H](c2cccs2)c2cc(CC)sc2NC(=O)c2ccco2)CC1. The van der Waals surface area contributed by atoms with Crippen molar-refractivity contribution in [3.63, 3.8) is 0 Å². The third-order valence-electron chi connectivity index (χ3n) is 5.75. The molecule has 4 rings (SSSR count). The number of carbonyl (C=O) groups excluding carboxylic acids is 2. The van der Waals surface area contributed by atoms with Crippen LogP contribution in [0.4, 0.5) is 5.00 Å². The Bertz CT molecular complexity index is 1020. The number of ether oxygens (including phenoxy) is 1. The van der Waals surface area contributed by atoms with Gasteiger partial charge in [-0.15, -0.1) is 22.7 Å². The van der Waals surface area contributed by atoms with Gasteiger partial charge in [0, 0.05) is 15.3 Å². The molecule has 1 aliphatic heterocycles. The number of likely N-dealkylation sites (tertiary alicyclic amines) is 1. The Morgan fingerprint density at radius 3 is 2.69 bits per heavy atom. The molecule has 1 amide bonds. The van der Waals surface area contributed by atoms with Gasteiger partial charge in [-0.25, -0.2) is 0 Å². The van der Waals surface area contributed by atoms with E-state index in [1.165, 1.54) is 16.0 Å². The van der Waals surface area contributed by atoms with Gasteiger partial charge in [-0.3, -0.25) is 14.5 Å². The number of piperidine rings is 1. The van der Waals surface area contributed by atoms with Crippen LogP contribution in [0.5, 0.6) is 0 Å². The highest BCUT2D eigenvalue weighted by Gasteiger charge is 2.33. The number of hydrogen-bond donors (Lipinski definition) is 1. The van der Waals surface area contributed by atoms with Crippen molar-refractivity contribution in [2.75, 3.05) is 25.0 Å². The average molecular weight is 473 g/mol. The number of carbonyl (C=O) groups is 2. The Morgan fingerprint density at radius 1 is 1.25 bits per heavy atom. The number of thiophene rings is 2. The van der Waals surface area contributed by atoms with E-state index in [4.69, 9.17) is 9.15 Å². The summed E-state index contributed by atoms with van der Waals surface area (Å²) in [6, 6.07) is 9.83. The van der Waals surface area contributed by atoms with Crippen LogP contribution in [-0.4, -0.2) is 36.5 Å². The number of nitrogens with one attached hydrogen (secondary N) is 1. The molecule has 1 N–H and O–H groups in total. The van der Waals surface area contributed by atoms with Crippen LogP contribution in [0.1, 0.15) is 58.6 Å². The molecule has 4 heterocycles. The fourth-order valence-corrected chi connectivity index (χ4v) is 6.04. The number of hydrogen-bond acceptors (Lipinski definition) is 7. The van der Waals surface area contributed by atoms with Gasteiger partial charge in [-0.1, -0.05) is 13.0 Å². The molecule has 3 aromatic heterocycles. The van der Waals surface area contributed by atoms with E-state index in [1.54, 1.807) is 34.8 Å². The summed E-state index contributed by atoms with van der Waals surface area (Å²) in [5, 5.41) is 6.02. The Balaban J connectivity index is 1.61. The van der Waals surface area contributed by atoms with E-state index in [0.717, 1.165) is 42.9 Å². The van der Waals surface area contributed by atoms with Gasteiger partial charge in [-0.2, -0.15) is 0 Å². The zero-order chi connectivity index (χ0) is 22.5. The third-order valence-corrected chi connectivity index (χ3v) is 7.89. The minimum Gasteiger partial charge on any atom is -0.466 e. The van der Waals surface area contributed by atoms with Gasteiger partial charge in [0.15, 0.2) is 5.76 Å². The van der Waals surface area contributed by atoms with Crippen molar-refractivity contribution in [3.8, 4) is 0 Å². The van der Waals surface area contributed by atoms with E-state index in [9.17, 15) is 9.59 Å². The fourth-order valence-electron chi connectivity index (χ4n) is 4.14. The number of nitrogens with zero attached hydrogens (tertiary/aromatic N) is 1. The highest BCUT2D eigenvalue weighted by Crippen LogP contribution is 2.42. The quantitative estimate of drug-likeness (QED) is 0.433. The molecule has 0 saturated carbocycles. The molecule has 1 aliphatic rings. The summed E-state index contributed by atoms with van der Waals surface area (Å²) in [5.41, 5.74) is 1.10. The van der Waals surface area contributed by atoms with Crippen LogP contribution >= 0.6 is 22.7 Å². The maximum Gasteiger partial charge on any atom is 0.309 e. The summed E-state index contributed by atoms with van der Waals surface area (Å²) < 4.78 is 10.5. The first-order chi connectivity index (χ1) is 15.6. The Hall–Kier alpha value is -2.42. The van der Waals surface area contributed by atoms with Crippen molar-refractivity contribution in [2.45, 2.75) is 39.2 Å². The lowest BCUT2D eigenvalue weighted by molar-refractivity contribution is -0.149. The highest BCUT2D eigenvalue weighted by molar-refractivity contribution is 7.16. The summed E-state index contributed by atoms with van der Waals surface area (Å²) in [4.78, 5) is 29.8.